The third-order valence-electron chi connectivity index (χ3n) is 11.4. The van der Waals surface area contributed by atoms with Gasteiger partial charge in [0, 0.05) is 19.3 Å². The first-order valence-corrected chi connectivity index (χ1v) is 29.9. The fourth-order valence-electron chi connectivity index (χ4n) is 7.16. The Labute approximate surface area is 449 Å². The van der Waals surface area contributed by atoms with Crippen LogP contribution in [0.15, 0.2) is 122 Å². The summed E-state index contributed by atoms with van der Waals surface area (Å²) < 4.78 is 39.3. The maximum atomic E-state index is 12.9. The van der Waals surface area contributed by atoms with Crippen LogP contribution < -0.4 is 0 Å². The van der Waals surface area contributed by atoms with Crippen LogP contribution >= 0.6 is 7.82 Å². The molecule has 0 aliphatic rings. The topological polar surface area (TPSA) is 155 Å². The number of rotatable bonds is 51. The monoisotopic (exact) mass is 1050 g/mol. The van der Waals surface area contributed by atoms with Crippen LogP contribution in [-0.2, 0) is 42.2 Å². The molecule has 2 N–H and O–H groups in total. The Balaban J connectivity index is 4.89. The molecule has 0 fully saturated rings. The maximum Gasteiger partial charge on any atom is 0.472 e. The highest BCUT2D eigenvalue weighted by Crippen LogP contribution is 2.43. The minimum Gasteiger partial charge on any atom is -0.462 e. The Morgan fingerprint density at radius 2 is 0.703 bits per heavy atom. The quantitative estimate of drug-likeness (QED) is 0.0197. The smallest absolute Gasteiger partial charge is 0.462 e. The summed E-state index contributed by atoms with van der Waals surface area (Å²) in [6.07, 6.45) is 67.7. The molecule has 3 atom stereocenters. The van der Waals surface area contributed by atoms with E-state index in [1.165, 1.54) is 70.6 Å². The number of allylic oxidation sites excluding steroid dienone is 20. The number of ether oxygens (including phenoxy) is 3. The Hall–Kier alpha value is -4.12. The molecule has 0 rings (SSSR count). The molecule has 12 heteroatoms. The van der Waals surface area contributed by atoms with Crippen LogP contribution in [0.1, 0.15) is 213 Å². The number of aliphatic hydroxyl groups is 1. The van der Waals surface area contributed by atoms with Crippen LogP contribution in [0.5, 0.6) is 0 Å². The highest BCUT2D eigenvalue weighted by atomic mass is 31.2. The molecule has 0 saturated carbocycles. The summed E-state index contributed by atoms with van der Waals surface area (Å²) in [6, 6.07) is 0. The summed E-state index contributed by atoms with van der Waals surface area (Å²) in [6.45, 7) is 4.24. The number of phosphoric ester groups is 1. The summed E-state index contributed by atoms with van der Waals surface area (Å²) in [4.78, 5) is 48.4. The molecule has 0 radical (unpaired) electrons. The molecule has 0 bridgehead atoms. The normalized spacial score (nSPS) is 14.3. The van der Waals surface area contributed by atoms with Gasteiger partial charge in [-0.15, -0.1) is 0 Å². The van der Waals surface area contributed by atoms with E-state index in [1.807, 2.05) is 24.3 Å². The Morgan fingerprint density at radius 1 is 0.392 bits per heavy atom. The number of esters is 3. The lowest BCUT2D eigenvalue weighted by Crippen LogP contribution is -2.30. The van der Waals surface area contributed by atoms with E-state index in [0.717, 1.165) is 77.0 Å². The second kappa shape index (κ2) is 55.1. The van der Waals surface area contributed by atoms with Crippen molar-refractivity contribution < 1.29 is 52.2 Å². The van der Waals surface area contributed by atoms with E-state index in [0.29, 0.717) is 25.7 Å². The molecule has 0 aliphatic heterocycles. The van der Waals surface area contributed by atoms with E-state index in [2.05, 4.69) is 118 Å². The molecule has 0 spiro atoms. The van der Waals surface area contributed by atoms with Gasteiger partial charge in [0.1, 0.15) is 12.7 Å². The van der Waals surface area contributed by atoms with E-state index in [4.69, 9.17) is 23.3 Å². The van der Waals surface area contributed by atoms with Gasteiger partial charge in [0.15, 0.2) is 6.10 Å². The fraction of sp³-hybridized carbons (Fsp3) is 0.629. The number of hydrogen-bond acceptors (Lipinski definition) is 10. The molecule has 0 amide bonds. The van der Waals surface area contributed by atoms with Crippen LogP contribution in [0.25, 0.3) is 0 Å². The van der Waals surface area contributed by atoms with Crippen LogP contribution in [0, 0.1) is 0 Å². The minimum atomic E-state index is -4.79. The van der Waals surface area contributed by atoms with Crippen LogP contribution in [-0.4, -0.2) is 66.5 Å². The molecular formula is C62H101O11P. The number of hydrogen-bond donors (Lipinski definition) is 2. The lowest BCUT2D eigenvalue weighted by molar-refractivity contribution is -0.161. The van der Waals surface area contributed by atoms with E-state index < -0.39 is 64.4 Å². The molecule has 0 saturated heterocycles. The van der Waals surface area contributed by atoms with Crippen LogP contribution in [0.4, 0.5) is 0 Å². The maximum absolute atomic E-state index is 12.9. The number of unbranched alkanes of at least 4 members (excludes halogenated alkanes) is 14. The molecule has 0 heterocycles. The zero-order valence-electron chi connectivity index (χ0n) is 46.3. The molecule has 3 unspecified atom stereocenters. The first-order chi connectivity index (χ1) is 36.2. The van der Waals surface area contributed by atoms with Crippen molar-refractivity contribution in [1.82, 2.24) is 0 Å². The van der Waals surface area contributed by atoms with Gasteiger partial charge in [-0.2, -0.15) is 0 Å². The third kappa shape index (κ3) is 52.7. The van der Waals surface area contributed by atoms with Crippen molar-refractivity contribution in [3.8, 4) is 0 Å². The first kappa shape index (κ1) is 69.9. The van der Waals surface area contributed by atoms with Gasteiger partial charge in [0.25, 0.3) is 0 Å². The van der Waals surface area contributed by atoms with Gasteiger partial charge in [-0.1, -0.05) is 232 Å². The largest absolute Gasteiger partial charge is 0.472 e. The molecule has 0 aromatic rings. The number of carbonyl (C=O) groups excluding carboxylic acids is 3. The van der Waals surface area contributed by atoms with E-state index >= 15 is 0 Å². The van der Waals surface area contributed by atoms with Gasteiger partial charge in [-0.05, 0) is 83.5 Å². The molecule has 0 aliphatic carbocycles. The molecular weight excluding hydrogens is 952 g/mol. The van der Waals surface area contributed by atoms with E-state index in [-0.39, 0.29) is 19.3 Å². The van der Waals surface area contributed by atoms with Crippen molar-refractivity contribution in [2.45, 2.75) is 226 Å². The summed E-state index contributed by atoms with van der Waals surface area (Å²) in [5.41, 5.74) is 0. The second-order valence-corrected chi connectivity index (χ2v) is 19.8. The summed E-state index contributed by atoms with van der Waals surface area (Å²) >= 11 is 0. The average Bonchev–Trinajstić information content (AvgIpc) is 3.39. The highest BCUT2D eigenvalue weighted by Gasteiger charge is 2.28. The van der Waals surface area contributed by atoms with Crippen molar-refractivity contribution >= 4 is 25.7 Å². The van der Waals surface area contributed by atoms with Gasteiger partial charge in [0.05, 0.1) is 19.8 Å². The first-order valence-electron chi connectivity index (χ1n) is 28.4. The molecule has 0 aromatic heterocycles. The Morgan fingerprint density at radius 3 is 1.08 bits per heavy atom. The predicted octanol–water partition coefficient (Wildman–Crippen LogP) is 16.8. The predicted molar refractivity (Wildman–Crippen MR) is 306 cm³/mol. The van der Waals surface area contributed by atoms with Gasteiger partial charge in [-0.3, -0.25) is 23.4 Å². The zero-order valence-corrected chi connectivity index (χ0v) is 47.2. The van der Waals surface area contributed by atoms with Crippen molar-refractivity contribution in [3.63, 3.8) is 0 Å². The number of aliphatic hydroxyl groups excluding tert-OH is 1. The van der Waals surface area contributed by atoms with E-state index in [1.54, 1.807) is 0 Å². The second-order valence-electron chi connectivity index (χ2n) is 18.3. The highest BCUT2D eigenvalue weighted by molar-refractivity contribution is 7.47. The number of phosphoric acid groups is 1. The van der Waals surface area contributed by atoms with Gasteiger partial charge >= 0.3 is 25.7 Å². The molecule has 11 nitrogen and oxygen atoms in total. The van der Waals surface area contributed by atoms with E-state index in [9.17, 15) is 28.9 Å². The summed E-state index contributed by atoms with van der Waals surface area (Å²) in [7, 11) is -4.79. The average molecular weight is 1050 g/mol. The number of carbonyl (C=O) groups is 3. The van der Waals surface area contributed by atoms with Crippen molar-refractivity contribution in [2.75, 3.05) is 26.4 Å². The van der Waals surface area contributed by atoms with Gasteiger partial charge in [0.2, 0.25) is 0 Å². The summed E-state index contributed by atoms with van der Waals surface area (Å²) in [5, 5.41) is 9.81. The Bertz CT molecular complexity index is 1700. The summed E-state index contributed by atoms with van der Waals surface area (Å²) in [5.74, 6) is -1.67. The molecule has 74 heavy (non-hydrogen) atoms. The standard InChI is InChI=1S/C62H101O11P/c1-4-7-10-13-16-19-22-25-27-28-29-30-32-35-38-41-44-47-50-53-62(66)73-59(55-69-60(64)51-48-45-42-39-36-33-24-21-18-15-12-9-6-3)57-71-74(67,68)70-56-58(54-63)72-61(65)52-49-46-43-40-37-34-31-26-23-20-17-14-11-8-5-2/h7,9-10,12,16,18-19,21,25,27,29-30,33,35-36,38,42,44-45,47,58-59,63H,4-6,8,11,13-15,17,20,22-24,26,28,31-32,34,37,39-41,43,46,48-57H2,1-3H3,(H,67,68)/b10-7-,12-9-,19-16-,21-18-,27-25-,30-29-,36-33-,38-35-,45-42-,47-44-. The molecule has 420 valence electrons. The lowest BCUT2D eigenvalue weighted by atomic mass is 10.0. The van der Waals surface area contributed by atoms with Crippen LogP contribution in [0.2, 0.25) is 0 Å². The third-order valence-corrected chi connectivity index (χ3v) is 12.4. The molecule has 0 aromatic carbocycles. The Kier molecular flexibility index (Phi) is 52.1. The van der Waals surface area contributed by atoms with Crippen LogP contribution in [0.3, 0.4) is 0 Å². The fourth-order valence-corrected chi connectivity index (χ4v) is 7.94. The minimum absolute atomic E-state index is 0.0225. The lowest BCUT2D eigenvalue weighted by Gasteiger charge is -2.21. The van der Waals surface area contributed by atoms with Crippen molar-refractivity contribution in [1.29, 1.82) is 0 Å². The SMILES string of the molecule is CC/C=C\C/C=C\C/C=C\C/C=C\C/C=C\C/C=C\CCC(=O)OC(COC(=O)CC/C=C\C/C=C\C/C=C\C/C=C\CC)COP(=O)(O)OCC(CO)OC(=O)CCCCCCCCCCCCCCCCC. The van der Waals surface area contributed by atoms with Gasteiger partial charge in [-0.25, -0.2) is 4.57 Å². The van der Waals surface area contributed by atoms with Gasteiger partial charge < -0.3 is 24.2 Å². The van der Waals surface area contributed by atoms with Crippen molar-refractivity contribution in [2.24, 2.45) is 0 Å². The zero-order chi connectivity index (χ0) is 54.1. The van der Waals surface area contributed by atoms with Crippen molar-refractivity contribution in [3.05, 3.63) is 122 Å².